The van der Waals surface area contributed by atoms with Crippen LogP contribution in [0.4, 0.5) is 0 Å². The van der Waals surface area contributed by atoms with Crippen LogP contribution in [0, 0.1) is 0 Å². The van der Waals surface area contributed by atoms with Gasteiger partial charge in [-0.15, -0.1) is 0 Å². The van der Waals surface area contributed by atoms with E-state index in [1.54, 1.807) is 30.3 Å². The van der Waals surface area contributed by atoms with Crippen LogP contribution in [0.5, 0.6) is 0 Å². The highest BCUT2D eigenvalue weighted by molar-refractivity contribution is 7.86. The first-order valence-electron chi connectivity index (χ1n) is 6.06. The molecule has 3 rings (SSSR count). The van der Waals surface area contributed by atoms with Gasteiger partial charge in [0, 0.05) is 11.6 Å². The topological polar surface area (TPSA) is 84.6 Å². The minimum Gasteiger partial charge on any atom is -0.456 e. The molecule has 5 nitrogen and oxygen atoms in total. The van der Waals surface area contributed by atoms with Crippen molar-refractivity contribution in [1.82, 2.24) is 0 Å². The summed E-state index contributed by atoms with van der Waals surface area (Å²) < 4.78 is 37.7. The second kappa shape index (κ2) is 4.83. The van der Waals surface area contributed by atoms with Crippen LogP contribution in [0.15, 0.2) is 68.7 Å². The van der Waals surface area contributed by atoms with Crippen molar-refractivity contribution in [2.45, 2.75) is 4.90 Å². The Bertz CT molecular complexity index is 986. The van der Waals surface area contributed by atoms with Crippen molar-refractivity contribution in [2.75, 3.05) is 0 Å². The molecule has 2 aromatic carbocycles. The summed E-state index contributed by atoms with van der Waals surface area (Å²) in [5.74, 6) is 0.0897. The van der Waals surface area contributed by atoms with E-state index in [1.165, 1.54) is 24.3 Å². The Morgan fingerprint density at radius 3 is 2.38 bits per heavy atom. The van der Waals surface area contributed by atoms with Crippen molar-refractivity contribution in [3.8, 4) is 11.3 Å². The quantitative estimate of drug-likeness (QED) is 0.736. The van der Waals surface area contributed by atoms with Gasteiger partial charge in [0.15, 0.2) is 5.43 Å². The summed E-state index contributed by atoms with van der Waals surface area (Å²) >= 11 is 0. The molecule has 0 radical (unpaired) electrons. The smallest absolute Gasteiger partial charge is 0.295 e. The number of benzene rings is 2. The van der Waals surface area contributed by atoms with Gasteiger partial charge >= 0.3 is 0 Å². The van der Waals surface area contributed by atoms with E-state index in [4.69, 9.17) is 4.42 Å². The number of fused-ring (bicyclic) bond motifs is 1. The molecule has 0 fully saturated rings. The number of para-hydroxylation sites is 1. The molecule has 0 saturated heterocycles. The first-order valence-corrected chi connectivity index (χ1v) is 7.50. The third-order valence-electron chi connectivity index (χ3n) is 3.07. The molecule has 0 saturated carbocycles. The molecular weight excluding hydrogens is 292 g/mol. The SMILES string of the molecule is O=c1cc(-c2ccccc2S(=O)(=O)O)oc2ccccc12. The van der Waals surface area contributed by atoms with Gasteiger partial charge in [0.05, 0.1) is 5.39 Å². The molecule has 1 aromatic heterocycles. The van der Waals surface area contributed by atoms with Crippen LogP contribution in [0.2, 0.25) is 0 Å². The molecule has 6 heteroatoms. The van der Waals surface area contributed by atoms with Crippen molar-refractivity contribution in [2.24, 2.45) is 0 Å². The normalized spacial score (nSPS) is 11.7. The van der Waals surface area contributed by atoms with Crippen molar-refractivity contribution in [3.63, 3.8) is 0 Å². The highest BCUT2D eigenvalue weighted by atomic mass is 32.2. The lowest BCUT2D eigenvalue weighted by Crippen LogP contribution is -2.03. The van der Waals surface area contributed by atoms with Gasteiger partial charge in [-0.25, -0.2) is 0 Å². The van der Waals surface area contributed by atoms with E-state index < -0.39 is 10.1 Å². The van der Waals surface area contributed by atoms with E-state index >= 15 is 0 Å². The minimum absolute atomic E-state index is 0.0897. The van der Waals surface area contributed by atoms with Crippen LogP contribution in [0.25, 0.3) is 22.3 Å². The highest BCUT2D eigenvalue weighted by Crippen LogP contribution is 2.28. The summed E-state index contributed by atoms with van der Waals surface area (Å²) in [5.41, 5.74) is 0.213. The summed E-state index contributed by atoms with van der Waals surface area (Å²) in [5, 5.41) is 0.408. The van der Waals surface area contributed by atoms with Crippen molar-refractivity contribution < 1.29 is 17.4 Å². The minimum atomic E-state index is -4.41. The van der Waals surface area contributed by atoms with Crippen LogP contribution in [-0.4, -0.2) is 13.0 Å². The van der Waals surface area contributed by atoms with Crippen molar-refractivity contribution in [1.29, 1.82) is 0 Å². The second-order valence-electron chi connectivity index (χ2n) is 4.44. The Hall–Kier alpha value is -2.44. The van der Waals surface area contributed by atoms with Crippen LogP contribution in [0.1, 0.15) is 0 Å². The third kappa shape index (κ3) is 2.46. The van der Waals surface area contributed by atoms with E-state index in [0.717, 1.165) is 0 Å². The maximum atomic E-state index is 12.1. The molecule has 1 heterocycles. The maximum Gasteiger partial charge on any atom is 0.295 e. The Morgan fingerprint density at radius 1 is 0.952 bits per heavy atom. The Balaban J connectivity index is 2.35. The number of hydrogen-bond donors (Lipinski definition) is 1. The van der Waals surface area contributed by atoms with E-state index in [-0.39, 0.29) is 21.6 Å². The standard InChI is InChI=1S/C15H10O5S/c16-12-9-14(20-13-7-3-1-5-10(12)13)11-6-2-4-8-15(11)21(17,18)19/h1-9H,(H,17,18,19). The summed E-state index contributed by atoms with van der Waals surface area (Å²) in [7, 11) is -4.41. The summed E-state index contributed by atoms with van der Waals surface area (Å²) in [4.78, 5) is 11.8. The summed E-state index contributed by atoms with van der Waals surface area (Å²) in [6, 6.07) is 13.7. The molecule has 1 N–H and O–H groups in total. The van der Waals surface area contributed by atoms with Crippen molar-refractivity contribution in [3.05, 3.63) is 64.8 Å². The molecule has 21 heavy (non-hydrogen) atoms. The zero-order chi connectivity index (χ0) is 15.0. The third-order valence-corrected chi connectivity index (χ3v) is 3.98. The lowest BCUT2D eigenvalue weighted by atomic mass is 10.1. The monoisotopic (exact) mass is 302 g/mol. The fourth-order valence-electron chi connectivity index (χ4n) is 2.13. The predicted molar refractivity (Wildman–Crippen MR) is 77.7 cm³/mol. The molecule has 3 aromatic rings. The van der Waals surface area contributed by atoms with E-state index in [1.807, 2.05) is 0 Å². The zero-order valence-electron chi connectivity index (χ0n) is 10.7. The van der Waals surface area contributed by atoms with Crippen LogP contribution >= 0.6 is 0 Å². The lowest BCUT2D eigenvalue weighted by molar-refractivity contribution is 0.483. The van der Waals surface area contributed by atoms with Gasteiger partial charge in [-0.2, -0.15) is 8.42 Å². The fourth-order valence-corrected chi connectivity index (χ4v) is 2.83. The van der Waals surface area contributed by atoms with Gasteiger partial charge < -0.3 is 4.42 Å². The van der Waals surface area contributed by atoms with Gasteiger partial charge in [0.2, 0.25) is 0 Å². The first-order chi connectivity index (χ1) is 9.97. The second-order valence-corrected chi connectivity index (χ2v) is 5.83. The van der Waals surface area contributed by atoms with Gasteiger partial charge in [0.25, 0.3) is 10.1 Å². The highest BCUT2D eigenvalue weighted by Gasteiger charge is 2.18. The van der Waals surface area contributed by atoms with Crippen LogP contribution < -0.4 is 5.43 Å². The summed E-state index contributed by atoms with van der Waals surface area (Å²) in [6.45, 7) is 0. The number of hydrogen-bond acceptors (Lipinski definition) is 4. The first kappa shape index (κ1) is 13.5. The molecule has 0 aliphatic heterocycles. The Morgan fingerprint density at radius 2 is 1.62 bits per heavy atom. The largest absolute Gasteiger partial charge is 0.456 e. The Labute approximate surface area is 120 Å². The van der Waals surface area contributed by atoms with Crippen LogP contribution in [-0.2, 0) is 10.1 Å². The van der Waals surface area contributed by atoms with Gasteiger partial charge in [0.1, 0.15) is 16.2 Å². The average Bonchev–Trinajstić information content (AvgIpc) is 2.46. The van der Waals surface area contributed by atoms with Gasteiger partial charge in [-0.1, -0.05) is 24.3 Å². The summed E-state index contributed by atoms with van der Waals surface area (Å²) in [6.07, 6.45) is 0. The Kier molecular flexibility index (Phi) is 3.12. The molecule has 0 amide bonds. The van der Waals surface area contributed by atoms with Crippen LogP contribution in [0.3, 0.4) is 0 Å². The van der Waals surface area contributed by atoms with E-state index in [2.05, 4.69) is 0 Å². The molecular formula is C15H10O5S. The maximum absolute atomic E-state index is 12.1. The molecule has 0 bridgehead atoms. The van der Waals surface area contributed by atoms with Gasteiger partial charge in [-0.3, -0.25) is 9.35 Å². The molecule has 0 atom stereocenters. The lowest BCUT2D eigenvalue weighted by Gasteiger charge is -2.07. The zero-order valence-corrected chi connectivity index (χ0v) is 11.5. The van der Waals surface area contributed by atoms with E-state index in [0.29, 0.717) is 11.0 Å². The van der Waals surface area contributed by atoms with Crippen molar-refractivity contribution >= 4 is 21.1 Å². The average molecular weight is 302 g/mol. The molecule has 0 unspecified atom stereocenters. The van der Waals surface area contributed by atoms with Gasteiger partial charge in [-0.05, 0) is 24.3 Å². The molecule has 0 spiro atoms. The molecule has 106 valence electrons. The number of rotatable bonds is 2. The molecule has 0 aliphatic rings. The fraction of sp³-hybridized carbons (Fsp3) is 0. The predicted octanol–water partition coefficient (Wildman–Crippen LogP) is 2.71. The van der Waals surface area contributed by atoms with E-state index in [9.17, 15) is 17.8 Å². The molecule has 0 aliphatic carbocycles.